The highest BCUT2D eigenvalue weighted by Gasteiger charge is 2.12. The number of carbonyl (C=O) groups excluding carboxylic acids is 1. The van der Waals surface area contributed by atoms with Gasteiger partial charge >= 0.3 is 5.97 Å². The van der Waals surface area contributed by atoms with Gasteiger partial charge in [-0.1, -0.05) is 54.2 Å². The van der Waals surface area contributed by atoms with Gasteiger partial charge in [-0.3, -0.25) is 14.2 Å². The third-order valence-electron chi connectivity index (χ3n) is 3.78. The summed E-state index contributed by atoms with van der Waals surface area (Å²) in [5, 5.41) is 1.20. The van der Waals surface area contributed by atoms with E-state index in [1.54, 1.807) is 10.6 Å². The van der Waals surface area contributed by atoms with Crippen molar-refractivity contribution < 1.29 is 9.53 Å². The Morgan fingerprint density at radius 1 is 1.12 bits per heavy atom. The smallest absolute Gasteiger partial charge is 0.306 e. The van der Waals surface area contributed by atoms with E-state index in [1.807, 2.05) is 48.5 Å². The van der Waals surface area contributed by atoms with E-state index >= 15 is 0 Å². The number of esters is 1. The van der Waals surface area contributed by atoms with E-state index < -0.39 is 0 Å². The van der Waals surface area contributed by atoms with Crippen molar-refractivity contribution in [1.29, 1.82) is 0 Å². The van der Waals surface area contributed by atoms with Gasteiger partial charge in [-0.25, -0.2) is 4.98 Å². The fourth-order valence-electron chi connectivity index (χ4n) is 2.49. The number of rotatable bonds is 6. The van der Waals surface area contributed by atoms with Gasteiger partial charge in [0, 0.05) is 5.75 Å². The average Bonchev–Trinajstić information content (AvgIpc) is 2.65. The lowest BCUT2D eigenvalue weighted by atomic mass is 10.2. The predicted octanol–water partition coefficient (Wildman–Crippen LogP) is 3.10. The van der Waals surface area contributed by atoms with Crippen LogP contribution in [0.5, 0.6) is 0 Å². The zero-order chi connectivity index (χ0) is 17.6. The number of benzene rings is 2. The molecule has 5 nitrogen and oxygen atoms in total. The topological polar surface area (TPSA) is 61.2 Å². The molecule has 0 radical (unpaired) electrons. The van der Waals surface area contributed by atoms with Crippen molar-refractivity contribution in [2.45, 2.75) is 18.1 Å². The van der Waals surface area contributed by atoms with E-state index in [2.05, 4.69) is 9.72 Å². The van der Waals surface area contributed by atoms with Crippen molar-refractivity contribution in [2.75, 3.05) is 12.9 Å². The average molecular weight is 354 g/mol. The molecule has 128 valence electrons. The quantitative estimate of drug-likeness (QED) is 0.387. The second kappa shape index (κ2) is 7.98. The molecular weight excluding hydrogens is 336 g/mol. The Morgan fingerprint density at radius 3 is 2.60 bits per heavy atom. The molecule has 25 heavy (non-hydrogen) atoms. The molecule has 0 unspecified atom stereocenters. The number of fused-ring (bicyclic) bond motifs is 1. The van der Waals surface area contributed by atoms with Crippen LogP contribution in [0.2, 0.25) is 0 Å². The van der Waals surface area contributed by atoms with Crippen molar-refractivity contribution in [2.24, 2.45) is 0 Å². The summed E-state index contributed by atoms with van der Waals surface area (Å²) in [6.07, 6.45) is 0.273. The molecule has 0 aliphatic rings. The number of hydrogen-bond acceptors (Lipinski definition) is 5. The van der Waals surface area contributed by atoms with Crippen LogP contribution in [0.4, 0.5) is 0 Å². The molecule has 0 aliphatic carbocycles. The highest BCUT2D eigenvalue weighted by molar-refractivity contribution is 7.99. The summed E-state index contributed by atoms with van der Waals surface area (Å²) in [7, 11) is 1.37. The normalized spacial score (nSPS) is 10.8. The molecule has 2 aromatic carbocycles. The molecule has 3 aromatic rings. The summed E-state index contributed by atoms with van der Waals surface area (Å²) in [6.45, 7) is 0.443. The Kier molecular flexibility index (Phi) is 5.50. The van der Waals surface area contributed by atoms with Crippen molar-refractivity contribution in [3.8, 4) is 0 Å². The molecular formula is C19H18N2O3S. The summed E-state index contributed by atoms with van der Waals surface area (Å²) in [6, 6.07) is 17.1. The summed E-state index contributed by atoms with van der Waals surface area (Å²) in [5.41, 5.74) is 1.61. The number of methoxy groups -OCH3 is 1. The maximum atomic E-state index is 12.9. The summed E-state index contributed by atoms with van der Waals surface area (Å²) in [5.74, 6) is 0.233. The Hall–Kier alpha value is -2.60. The third kappa shape index (κ3) is 4.09. The van der Waals surface area contributed by atoms with Crippen LogP contribution in [0.25, 0.3) is 10.9 Å². The van der Waals surface area contributed by atoms with Crippen LogP contribution < -0.4 is 5.56 Å². The van der Waals surface area contributed by atoms with Crippen molar-refractivity contribution in [1.82, 2.24) is 9.55 Å². The minimum atomic E-state index is -0.273. The lowest BCUT2D eigenvalue weighted by molar-refractivity contribution is -0.140. The van der Waals surface area contributed by atoms with Crippen molar-refractivity contribution in [3.63, 3.8) is 0 Å². The first-order valence-electron chi connectivity index (χ1n) is 7.92. The Labute approximate surface area is 149 Å². The van der Waals surface area contributed by atoms with Crippen LogP contribution in [-0.2, 0) is 16.1 Å². The fraction of sp³-hybridized carbons (Fsp3) is 0.211. The third-order valence-corrected chi connectivity index (χ3v) is 4.75. The van der Waals surface area contributed by atoms with Gasteiger partial charge in [0.2, 0.25) is 0 Å². The molecule has 0 amide bonds. The molecule has 0 saturated heterocycles. The molecule has 0 aliphatic heterocycles. The van der Waals surface area contributed by atoms with Gasteiger partial charge in [-0.15, -0.1) is 0 Å². The highest BCUT2D eigenvalue weighted by atomic mass is 32.2. The second-order valence-corrected chi connectivity index (χ2v) is 6.53. The van der Waals surface area contributed by atoms with E-state index in [0.717, 1.165) is 5.56 Å². The Bertz CT molecular complexity index is 938. The Morgan fingerprint density at radius 2 is 1.84 bits per heavy atom. The summed E-state index contributed by atoms with van der Waals surface area (Å²) >= 11 is 1.39. The molecule has 0 N–H and O–H groups in total. The SMILES string of the molecule is COC(=O)CCSc1nc2ccccc2c(=O)n1Cc1ccccc1. The van der Waals surface area contributed by atoms with Gasteiger partial charge in [0.1, 0.15) is 0 Å². The molecule has 1 heterocycles. The number of thioether (sulfide) groups is 1. The number of nitrogens with zero attached hydrogens (tertiary/aromatic N) is 2. The fourth-order valence-corrected chi connectivity index (χ4v) is 3.41. The van der Waals surface area contributed by atoms with Crippen LogP contribution >= 0.6 is 11.8 Å². The summed E-state index contributed by atoms with van der Waals surface area (Å²) < 4.78 is 6.33. The minimum Gasteiger partial charge on any atom is -0.469 e. The summed E-state index contributed by atoms with van der Waals surface area (Å²) in [4.78, 5) is 28.9. The van der Waals surface area contributed by atoms with Gasteiger partial charge in [0.05, 0.1) is 31.0 Å². The predicted molar refractivity (Wildman–Crippen MR) is 98.9 cm³/mol. The molecule has 0 spiro atoms. The van der Waals surface area contributed by atoms with E-state index in [4.69, 9.17) is 0 Å². The van der Waals surface area contributed by atoms with Gasteiger partial charge in [0.15, 0.2) is 5.16 Å². The standard InChI is InChI=1S/C19H18N2O3S/c1-24-17(22)11-12-25-19-20-16-10-6-5-9-15(16)18(23)21(19)13-14-7-3-2-4-8-14/h2-10H,11-13H2,1H3. The van der Waals surface area contributed by atoms with Crippen molar-refractivity contribution in [3.05, 3.63) is 70.5 Å². The van der Waals surface area contributed by atoms with E-state index in [9.17, 15) is 9.59 Å². The lowest BCUT2D eigenvalue weighted by Gasteiger charge is -2.13. The maximum absolute atomic E-state index is 12.9. The van der Waals surface area contributed by atoms with Gasteiger partial charge in [-0.05, 0) is 17.7 Å². The Balaban J connectivity index is 1.98. The highest BCUT2D eigenvalue weighted by Crippen LogP contribution is 2.19. The number of hydrogen-bond donors (Lipinski definition) is 0. The van der Waals surface area contributed by atoms with Crippen LogP contribution in [-0.4, -0.2) is 28.4 Å². The lowest BCUT2D eigenvalue weighted by Crippen LogP contribution is -2.24. The maximum Gasteiger partial charge on any atom is 0.306 e. The van der Waals surface area contributed by atoms with E-state index in [-0.39, 0.29) is 17.9 Å². The molecule has 3 rings (SSSR count). The molecule has 1 aromatic heterocycles. The van der Waals surface area contributed by atoms with Crippen LogP contribution in [0.3, 0.4) is 0 Å². The van der Waals surface area contributed by atoms with Crippen LogP contribution in [0.15, 0.2) is 64.5 Å². The first-order chi connectivity index (χ1) is 12.2. The van der Waals surface area contributed by atoms with E-state index in [0.29, 0.717) is 28.4 Å². The monoisotopic (exact) mass is 354 g/mol. The number of para-hydroxylation sites is 1. The zero-order valence-corrected chi connectivity index (χ0v) is 14.7. The van der Waals surface area contributed by atoms with Crippen LogP contribution in [0.1, 0.15) is 12.0 Å². The minimum absolute atomic E-state index is 0.0741. The number of carbonyl (C=O) groups is 1. The van der Waals surface area contributed by atoms with Gasteiger partial charge in [0.25, 0.3) is 5.56 Å². The molecule has 0 atom stereocenters. The zero-order valence-electron chi connectivity index (χ0n) is 13.8. The molecule has 0 fully saturated rings. The number of ether oxygens (including phenoxy) is 1. The van der Waals surface area contributed by atoms with E-state index in [1.165, 1.54) is 18.9 Å². The molecule has 6 heteroatoms. The van der Waals surface area contributed by atoms with Gasteiger partial charge in [-0.2, -0.15) is 0 Å². The molecule has 0 bridgehead atoms. The second-order valence-electron chi connectivity index (χ2n) is 5.46. The van der Waals surface area contributed by atoms with Crippen LogP contribution in [0, 0.1) is 0 Å². The largest absolute Gasteiger partial charge is 0.469 e. The number of aromatic nitrogens is 2. The first-order valence-corrected chi connectivity index (χ1v) is 8.90. The van der Waals surface area contributed by atoms with Crippen molar-refractivity contribution >= 4 is 28.6 Å². The first kappa shape index (κ1) is 17.2. The van der Waals surface area contributed by atoms with Gasteiger partial charge < -0.3 is 4.74 Å². The molecule has 0 saturated carbocycles.